The van der Waals surface area contributed by atoms with Gasteiger partial charge in [0, 0.05) is 23.4 Å². The lowest BCUT2D eigenvalue weighted by molar-refractivity contribution is -0.123. The largest absolute Gasteiger partial charge is 0.326 e. The molecule has 32 heavy (non-hydrogen) atoms. The van der Waals surface area contributed by atoms with Crippen LogP contribution in [-0.2, 0) is 9.59 Å². The second-order valence-electron chi connectivity index (χ2n) is 7.60. The summed E-state index contributed by atoms with van der Waals surface area (Å²) in [5.41, 5.74) is 2.34. The zero-order chi connectivity index (χ0) is 22.8. The first-order valence-electron chi connectivity index (χ1n) is 10.00. The molecule has 3 aromatic rings. The maximum absolute atomic E-state index is 12.9. The molecule has 1 aliphatic rings. The van der Waals surface area contributed by atoms with Crippen LogP contribution in [0.2, 0.25) is 0 Å². The molecule has 1 aromatic heterocycles. The molecule has 1 atom stereocenters. The SMILES string of the molecule is CC(=O)c1ccc(NC(=O)[C@@H]2CC(=O)Nc3nc(Nc4ccc(C)cc4)[nH]c(=O)c32)cc1. The van der Waals surface area contributed by atoms with E-state index in [-0.39, 0.29) is 29.5 Å². The van der Waals surface area contributed by atoms with Gasteiger partial charge in [0.2, 0.25) is 17.8 Å². The van der Waals surface area contributed by atoms with Crippen molar-refractivity contribution in [2.75, 3.05) is 16.0 Å². The molecule has 2 heterocycles. The molecule has 4 N–H and O–H groups in total. The van der Waals surface area contributed by atoms with Crippen LogP contribution in [0, 0.1) is 6.92 Å². The molecule has 4 rings (SSSR count). The van der Waals surface area contributed by atoms with Crippen LogP contribution in [0.4, 0.5) is 23.1 Å². The van der Waals surface area contributed by atoms with Crippen molar-refractivity contribution in [2.45, 2.75) is 26.2 Å². The molecule has 0 fully saturated rings. The number of ketones is 1. The van der Waals surface area contributed by atoms with Crippen LogP contribution in [0.25, 0.3) is 0 Å². The number of carbonyl (C=O) groups is 3. The number of amides is 2. The van der Waals surface area contributed by atoms with Crippen LogP contribution in [-0.4, -0.2) is 27.6 Å². The first kappa shape index (κ1) is 21.0. The number of fused-ring (bicyclic) bond motifs is 1. The van der Waals surface area contributed by atoms with Gasteiger partial charge in [-0.2, -0.15) is 4.98 Å². The summed E-state index contributed by atoms with van der Waals surface area (Å²) in [6.45, 7) is 3.41. The molecule has 162 valence electrons. The molecule has 9 heteroatoms. The number of H-pyrrole nitrogens is 1. The topological polar surface area (TPSA) is 133 Å². The van der Waals surface area contributed by atoms with E-state index in [1.807, 2.05) is 31.2 Å². The standard InChI is InChI=1S/C23H21N5O4/c1-12-3-7-16(8-4-12)25-23-27-20-19(22(32)28-23)17(11-18(30)26-20)21(31)24-15-9-5-14(6-10-15)13(2)29/h3-10,17H,11H2,1-2H3,(H,24,31)(H3,25,26,27,28,30,32)/t17-/m1/s1. The van der Waals surface area contributed by atoms with Crippen molar-refractivity contribution in [3.63, 3.8) is 0 Å². The van der Waals surface area contributed by atoms with Crippen LogP contribution in [0.3, 0.4) is 0 Å². The van der Waals surface area contributed by atoms with Crippen LogP contribution < -0.4 is 21.5 Å². The first-order valence-corrected chi connectivity index (χ1v) is 10.00. The second-order valence-corrected chi connectivity index (χ2v) is 7.60. The maximum atomic E-state index is 12.9. The van der Waals surface area contributed by atoms with Gasteiger partial charge >= 0.3 is 0 Å². The Hall–Kier alpha value is -4.27. The molecule has 0 unspecified atom stereocenters. The molecule has 0 saturated carbocycles. The summed E-state index contributed by atoms with van der Waals surface area (Å²) in [4.78, 5) is 56.3. The molecule has 2 amide bonds. The van der Waals surface area contributed by atoms with E-state index in [9.17, 15) is 19.2 Å². The summed E-state index contributed by atoms with van der Waals surface area (Å²) < 4.78 is 0. The summed E-state index contributed by atoms with van der Waals surface area (Å²) in [6.07, 6.45) is -0.181. The Morgan fingerprint density at radius 1 is 1.00 bits per heavy atom. The van der Waals surface area contributed by atoms with Gasteiger partial charge in [-0.05, 0) is 50.2 Å². The zero-order valence-electron chi connectivity index (χ0n) is 17.5. The first-order chi connectivity index (χ1) is 15.3. The lowest BCUT2D eigenvalue weighted by atomic mass is 9.92. The monoisotopic (exact) mass is 431 g/mol. The summed E-state index contributed by atoms with van der Waals surface area (Å²) in [6, 6.07) is 13.9. The Morgan fingerprint density at radius 2 is 1.66 bits per heavy atom. The van der Waals surface area contributed by atoms with E-state index in [4.69, 9.17) is 0 Å². The molecule has 0 aliphatic carbocycles. The number of nitrogens with zero attached hydrogens (tertiary/aromatic N) is 1. The molecular weight excluding hydrogens is 410 g/mol. The van der Waals surface area contributed by atoms with Gasteiger partial charge in [-0.25, -0.2) is 0 Å². The molecule has 1 aliphatic heterocycles. The van der Waals surface area contributed by atoms with E-state index in [1.54, 1.807) is 24.3 Å². The van der Waals surface area contributed by atoms with E-state index in [0.29, 0.717) is 16.9 Å². The van der Waals surface area contributed by atoms with Crippen LogP contribution in [0.1, 0.15) is 40.7 Å². The number of aromatic nitrogens is 2. The Kier molecular flexibility index (Phi) is 5.55. The Balaban J connectivity index is 1.59. The number of aromatic amines is 1. The molecule has 0 bridgehead atoms. The van der Waals surface area contributed by atoms with Crippen molar-refractivity contribution in [2.24, 2.45) is 0 Å². The van der Waals surface area contributed by atoms with Gasteiger partial charge in [-0.3, -0.25) is 24.2 Å². The lowest BCUT2D eigenvalue weighted by Gasteiger charge is -2.23. The van der Waals surface area contributed by atoms with Gasteiger partial charge in [0.1, 0.15) is 5.82 Å². The number of nitrogens with one attached hydrogen (secondary N) is 4. The van der Waals surface area contributed by atoms with Gasteiger partial charge in [0.25, 0.3) is 5.56 Å². The third-order valence-electron chi connectivity index (χ3n) is 5.14. The average molecular weight is 431 g/mol. The van der Waals surface area contributed by atoms with Crippen LogP contribution in [0.5, 0.6) is 0 Å². The molecule has 2 aromatic carbocycles. The Bertz CT molecular complexity index is 1260. The fourth-order valence-corrected chi connectivity index (χ4v) is 3.45. The highest BCUT2D eigenvalue weighted by Crippen LogP contribution is 2.30. The summed E-state index contributed by atoms with van der Waals surface area (Å²) >= 11 is 0. The molecule has 0 spiro atoms. The van der Waals surface area contributed by atoms with E-state index in [2.05, 4.69) is 25.9 Å². The minimum Gasteiger partial charge on any atom is -0.326 e. The van der Waals surface area contributed by atoms with Gasteiger partial charge in [-0.15, -0.1) is 0 Å². The number of rotatable bonds is 5. The predicted octanol–water partition coefficient (Wildman–Crippen LogP) is 3.09. The lowest BCUT2D eigenvalue weighted by Crippen LogP contribution is -2.36. The maximum Gasteiger partial charge on any atom is 0.258 e. The van der Waals surface area contributed by atoms with E-state index in [0.717, 1.165) is 5.56 Å². The highest BCUT2D eigenvalue weighted by Gasteiger charge is 2.34. The van der Waals surface area contributed by atoms with Crippen molar-refractivity contribution < 1.29 is 14.4 Å². The fraction of sp³-hybridized carbons (Fsp3) is 0.174. The molecule has 9 nitrogen and oxygen atoms in total. The van der Waals surface area contributed by atoms with Gasteiger partial charge in [0.05, 0.1) is 11.5 Å². The Morgan fingerprint density at radius 3 is 2.31 bits per heavy atom. The number of carbonyl (C=O) groups excluding carboxylic acids is 3. The van der Waals surface area contributed by atoms with Crippen molar-refractivity contribution in [3.05, 3.63) is 75.6 Å². The summed E-state index contributed by atoms with van der Waals surface area (Å²) in [5, 5.41) is 8.27. The highest BCUT2D eigenvalue weighted by atomic mass is 16.2. The number of Topliss-reactive ketones (excluding diaryl/α,β-unsaturated/α-hetero) is 1. The van der Waals surface area contributed by atoms with Gasteiger partial charge in [-0.1, -0.05) is 17.7 Å². The predicted molar refractivity (Wildman–Crippen MR) is 120 cm³/mol. The van der Waals surface area contributed by atoms with Gasteiger partial charge < -0.3 is 16.0 Å². The van der Waals surface area contributed by atoms with Gasteiger partial charge in [0.15, 0.2) is 5.78 Å². The molecule has 0 saturated heterocycles. The van der Waals surface area contributed by atoms with Crippen molar-refractivity contribution in [1.82, 2.24) is 9.97 Å². The van der Waals surface area contributed by atoms with E-state index >= 15 is 0 Å². The smallest absolute Gasteiger partial charge is 0.258 e. The second kappa shape index (κ2) is 8.46. The van der Waals surface area contributed by atoms with Crippen molar-refractivity contribution in [3.8, 4) is 0 Å². The van der Waals surface area contributed by atoms with E-state index < -0.39 is 23.3 Å². The summed E-state index contributed by atoms with van der Waals surface area (Å²) in [5.74, 6) is -1.82. The van der Waals surface area contributed by atoms with E-state index in [1.165, 1.54) is 6.92 Å². The third kappa shape index (κ3) is 4.41. The van der Waals surface area contributed by atoms with Crippen LogP contribution in [0.15, 0.2) is 53.3 Å². The summed E-state index contributed by atoms with van der Waals surface area (Å²) in [7, 11) is 0. The average Bonchev–Trinajstić information content (AvgIpc) is 2.75. The third-order valence-corrected chi connectivity index (χ3v) is 5.14. The number of hydrogen-bond acceptors (Lipinski definition) is 6. The number of aryl methyl sites for hydroxylation is 1. The molecule has 0 radical (unpaired) electrons. The normalized spacial score (nSPS) is 14.8. The molecular formula is C23H21N5O4. The Labute approximate surface area is 183 Å². The zero-order valence-corrected chi connectivity index (χ0v) is 17.5. The number of anilines is 4. The van der Waals surface area contributed by atoms with Crippen molar-refractivity contribution in [1.29, 1.82) is 0 Å². The highest BCUT2D eigenvalue weighted by molar-refractivity contribution is 6.04. The fourth-order valence-electron chi connectivity index (χ4n) is 3.45. The van der Waals surface area contributed by atoms with Crippen molar-refractivity contribution >= 4 is 40.7 Å². The van der Waals surface area contributed by atoms with Crippen LogP contribution >= 0.6 is 0 Å². The minimum atomic E-state index is -1.00. The quantitative estimate of drug-likeness (QED) is 0.459. The number of benzene rings is 2. The number of hydrogen-bond donors (Lipinski definition) is 4. The minimum absolute atomic E-state index is 0.0479.